The van der Waals surface area contributed by atoms with Gasteiger partial charge in [-0.25, -0.2) is 8.42 Å². The molecule has 180 valence electrons. The molecule has 0 spiro atoms. The van der Waals surface area contributed by atoms with Crippen LogP contribution in [0.5, 0.6) is 5.75 Å². The van der Waals surface area contributed by atoms with E-state index in [0.29, 0.717) is 38.3 Å². The van der Waals surface area contributed by atoms with E-state index in [4.69, 9.17) is 4.74 Å². The Bertz CT molecular complexity index is 886. The molecule has 1 heterocycles. The van der Waals surface area contributed by atoms with Crippen molar-refractivity contribution >= 4 is 27.5 Å². The summed E-state index contributed by atoms with van der Waals surface area (Å²) in [6.07, 6.45) is 2.24. The van der Waals surface area contributed by atoms with Gasteiger partial charge in [-0.15, -0.1) is 0 Å². The largest absolute Gasteiger partial charge is 0.492 e. The van der Waals surface area contributed by atoms with E-state index in [2.05, 4.69) is 10.6 Å². The van der Waals surface area contributed by atoms with Crippen LogP contribution in [0.4, 0.5) is 5.69 Å². The normalized spacial score (nSPS) is 17.2. The predicted octanol–water partition coefficient (Wildman–Crippen LogP) is 2.04. The lowest BCUT2D eigenvalue weighted by Gasteiger charge is -2.32. The van der Waals surface area contributed by atoms with Crippen LogP contribution in [-0.4, -0.2) is 74.8 Å². The first-order valence-electron chi connectivity index (χ1n) is 11.3. The summed E-state index contributed by atoms with van der Waals surface area (Å²) in [5.74, 6) is 0.0448. The molecule has 0 bridgehead atoms. The maximum absolute atomic E-state index is 13.1. The molecule has 1 aliphatic heterocycles. The molecule has 2 amide bonds. The molecule has 1 aliphatic rings. The summed E-state index contributed by atoms with van der Waals surface area (Å²) in [5.41, 5.74) is 0.400. The van der Waals surface area contributed by atoms with Gasteiger partial charge in [-0.2, -0.15) is 4.31 Å². The SMILES string of the molecule is CCOc1ccc(NC(=O)CN2CCCC(NC(=O)CC)C2)cc1S(=O)(=O)N(CC)CC. The van der Waals surface area contributed by atoms with Crippen LogP contribution in [0.3, 0.4) is 0 Å². The molecule has 2 rings (SSSR count). The molecule has 0 saturated carbocycles. The number of carbonyl (C=O) groups is 2. The third-order valence-corrected chi connectivity index (χ3v) is 7.48. The lowest BCUT2D eigenvalue weighted by Crippen LogP contribution is -2.49. The summed E-state index contributed by atoms with van der Waals surface area (Å²) in [7, 11) is -3.75. The Morgan fingerprint density at radius 3 is 2.50 bits per heavy atom. The number of anilines is 1. The zero-order valence-corrected chi connectivity index (χ0v) is 20.3. The fourth-order valence-electron chi connectivity index (χ4n) is 3.82. The number of nitrogens with zero attached hydrogens (tertiary/aromatic N) is 2. The molecule has 32 heavy (non-hydrogen) atoms. The predicted molar refractivity (Wildman–Crippen MR) is 124 cm³/mol. The molecule has 0 aliphatic carbocycles. The van der Waals surface area contributed by atoms with Gasteiger partial charge in [-0.3, -0.25) is 14.5 Å². The molecule has 0 radical (unpaired) electrons. The van der Waals surface area contributed by atoms with Gasteiger partial charge in [0.25, 0.3) is 0 Å². The van der Waals surface area contributed by atoms with E-state index in [0.717, 1.165) is 19.4 Å². The number of ether oxygens (including phenoxy) is 1. The van der Waals surface area contributed by atoms with Gasteiger partial charge in [0, 0.05) is 37.8 Å². The topological polar surface area (TPSA) is 108 Å². The fraction of sp³-hybridized carbons (Fsp3) is 0.636. The zero-order chi connectivity index (χ0) is 23.7. The molecule has 1 aromatic carbocycles. The fourth-order valence-corrected chi connectivity index (χ4v) is 5.43. The third kappa shape index (κ3) is 6.91. The minimum Gasteiger partial charge on any atom is -0.492 e. The molecule has 1 saturated heterocycles. The summed E-state index contributed by atoms with van der Waals surface area (Å²) in [6, 6.07) is 4.72. The molecular formula is C22H36N4O5S. The number of rotatable bonds is 11. The molecule has 1 atom stereocenters. The first kappa shape index (κ1) is 26.1. The third-order valence-electron chi connectivity index (χ3n) is 5.41. The van der Waals surface area contributed by atoms with Gasteiger partial charge in [0.1, 0.15) is 10.6 Å². The molecule has 10 heteroatoms. The molecule has 1 unspecified atom stereocenters. The minimum atomic E-state index is -3.75. The molecule has 1 fully saturated rings. The van der Waals surface area contributed by atoms with Crippen LogP contribution >= 0.6 is 0 Å². The second-order valence-electron chi connectivity index (χ2n) is 7.73. The van der Waals surface area contributed by atoms with Gasteiger partial charge in [0.2, 0.25) is 21.8 Å². The lowest BCUT2D eigenvalue weighted by atomic mass is 10.1. The Labute approximate surface area is 191 Å². The van der Waals surface area contributed by atoms with E-state index in [1.807, 2.05) is 11.8 Å². The van der Waals surface area contributed by atoms with Gasteiger partial charge >= 0.3 is 0 Å². The van der Waals surface area contributed by atoms with Crippen LogP contribution in [0, 0.1) is 0 Å². The number of nitrogens with one attached hydrogen (secondary N) is 2. The summed E-state index contributed by atoms with van der Waals surface area (Å²) < 4.78 is 33.1. The quantitative estimate of drug-likeness (QED) is 0.515. The van der Waals surface area contributed by atoms with E-state index in [1.165, 1.54) is 10.4 Å². The van der Waals surface area contributed by atoms with Crippen molar-refractivity contribution in [3.8, 4) is 5.75 Å². The van der Waals surface area contributed by atoms with Crippen LogP contribution in [0.1, 0.15) is 47.0 Å². The number of amides is 2. The number of hydrogen-bond donors (Lipinski definition) is 2. The van der Waals surface area contributed by atoms with Crippen LogP contribution in [0.2, 0.25) is 0 Å². The Balaban J connectivity index is 2.12. The van der Waals surface area contributed by atoms with Crippen molar-refractivity contribution in [2.24, 2.45) is 0 Å². The maximum atomic E-state index is 13.1. The Kier molecular flexibility index (Phi) is 9.92. The molecule has 9 nitrogen and oxygen atoms in total. The molecular weight excluding hydrogens is 432 g/mol. The monoisotopic (exact) mass is 468 g/mol. The van der Waals surface area contributed by atoms with Crippen LogP contribution in [0.25, 0.3) is 0 Å². The Morgan fingerprint density at radius 2 is 1.88 bits per heavy atom. The van der Waals surface area contributed by atoms with Crippen molar-refractivity contribution in [3.63, 3.8) is 0 Å². The van der Waals surface area contributed by atoms with Gasteiger partial charge < -0.3 is 15.4 Å². The number of hydrogen-bond acceptors (Lipinski definition) is 6. The average Bonchev–Trinajstić information content (AvgIpc) is 2.75. The Morgan fingerprint density at radius 1 is 1.16 bits per heavy atom. The number of benzene rings is 1. The van der Waals surface area contributed by atoms with Crippen LogP contribution in [0.15, 0.2) is 23.1 Å². The van der Waals surface area contributed by atoms with Crippen molar-refractivity contribution in [1.82, 2.24) is 14.5 Å². The van der Waals surface area contributed by atoms with E-state index in [1.54, 1.807) is 32.9 Å². The van der Waals surface area contributed by atoms with Crippen molar-refractivity contribution in [2.75, 3.05) is 44.6 Å². The number of piperidine rings is 1. The number of carbonyl (C=O) groups excluding carboxylic acids is 2. The summed E-state index contributed by atoms with van der Waals surface area (Å²) >= 11 is 0. The Hall–Kier alpha value is -2.17. The highest BCUT2D eigenvalue weighted by Gasteiger charge is 2.27. The van der Waals surface area contributed by atoms with Crippen molar-refractivity contribution in [3.05, 3.63) is 18.2 Å². The maximum Gasteiger partial charge on any atom is 0.246 e. The second kappa shape index (κ2) is 12.2. The van der Waals surface area contributed by atoms with Crippen molar-refractivity contribution < 1.29 is 22.7 Å². The zero-order valence-electron chi connectivity index (χ0n) is 19.5. The second-order valence-corrected chi connectivity index (χ2v) is 9.63. The highest BCUT2D eigenvalue weighted by Crippen LogP contribution is 2.30. The highest BCUT2D eigenvalue weighted by atomic mass is 32.2. The first-order valence-corrected chi connectivity index (χ1v) is 12.8. The molecule has 2 N–H and O–H groups in total. The van der Waals surface area contributed by atoms with Gasteiger partial charge in [0.05, 0.1) is 13.2 Å². The standard InChI is InChI=1S/C22H36N4O5S/c1-5-21(27)24-18-10-9-13-25(15-18)16-22(28)23-17-11-12-19(31-8-4)20(14-17)32(29,30)26(6-2)7-3/h11-12,14,18H,5-10,13,15-16H2,1-4H3,(H,23,28)(H,24,27). The lowest BCUT2D eigenvalue weighted by molar-refractivity contribution is -0.121. The minimum absolute atomic E-state index is 0.0117. The van der Waals surface area contributed by atoms with E-state index in [-0.39, 0.29) is 35.0 Å². The number of sulfonamides is 1. The van der Waals surface area contributed by atoms with Gasteiger partial charge in [-0.05, 0) is 44.5 Å². The van der Waals surface area contributed by atoms with E-state index in [9.17, 15) is 18.0 Å². The van der Waals surface area contributed by atoms with Crippen molar-refractivity contribution in [1.29, 1.82) is 0 Å². The summed E-state index contributed by atoms with van der Waals surface area (Å²) in [4.78, 5) is 26.4. The van der Waals surface area contributed by atoms with Gasteiger partial charge in [0.15, 0.2) is 0 Å². The van der Waals surface area contributed by atoms with Crippen LogP contribution in [-0.2, 0) is 19.6 Å². The first-order chi connectivity index (χ1) is 15.2. The van der Waals surface area contributed by atoms with E-state index < -0.39 is 10.0 Å². The summed E-state index contributed by atoms with van der Waals surface area (Å²) in [5, 5.41) is 5.79. The summed E-state index contributed by atoms with van der Waals surface area (Å²) in [6.45, 7) is 9.73. The smallest absolute Gasteiger partial charge is 0.246 e. The van der Waals surface area contributed by atoms with Crippen LogP contribution < -0.4 is 15.4 Å². The van der Waals surface area contributed by atoms with Crippen molar-refractivity contribution in [2.45, 2.75) is 57.9 Å². The number of likely N-dealkylation sites (tertiary alicyclic amines) is 1. The highest BCUT2D eigenvalue weighted by molar-refractivity contribution is 7.89. The molecule has 0 aromatic heterocycles. The molecule has 1 aromatic rings. The van der Waals surface area contributed by atoms with E-state index >= 15 is 0 Å². The van der Waals surface area contributed by atoms with Gasteiger partial charge in [-0.1, -0.05) is 20.8 Å². The average molecular weight is 469 g/mol.